The van der Waals surface area contributed by atoms with Crippen LogP contribution in [0.15, 0.2) is 35.5 Å². The van der Waals surface area contributed by atoms with E-state index in [4.69, 9.17) is 0 Å². The molecule has 0 saturated carbocycles. The predicted octanol–water partition coefficient (Wildman–Crippen LogP) is 1.71. The molecule has 0 bridgehead atoms. The summed E-state index contributed by atoms with van der Waals surface area (Å²) in [5.41, 5.74) is 1.25. The van der Waals surface area contributed by atoms with E-state index in [1.807, 2.05) is 26.0 Å². The van der Waals surface area contributed by atoms with Crippen LogP contribution in [0.1, 0.15) is 25.2 Å². The number of pyridine rings is 1. The van der Waals surface area contributed by atoms with E-state index in [1.165, 1.54) is 10.5 Å². The molecule has 0 radical (unpaired) electrons. The van der Waals surface area contributed by atoms with E-state index in [9.17, 15) is 8.42 Å². The summed E-state index contributed by atoms with van der Waals surface area (Å²) in [6, 6.07) is 5.29. The highest BCUT2D eigenvalue weighted by molar-refractivity contribution is 7.89. The molecule has 0 unspecified atom stereocenters. The largest absolute Gasteiger partial charge is 0.281 e. The molecule has 2 rings (SSSR count). The van der Waals surface area contributed by atoms with Crippen molar-refractivity contribution < 1.29 is 8.42 Å². The highest BCUT2D eigenvalue weighted by Gasteiger charge is 2.29. The minimum atomic E-state index is -3.59. The molecular weight excluding hydrogens is 276 g/mol. The molecule has 0 aliphatic rings. The monoisotopic (exact) mass is 294 g/mol. The minimum Gasteiger partial charge on any atom is -0.281 e. The lowest BCUT2D eigenvalue weighted by molar-refractivity contribution is 0.344. The molecule has 0 spiro atoms. The summed E-state index contributed by atoms with van der Waals surface area (Å²) < 4.78 is 26.8. The van der Waals surface area contributed by atoms with Crippen molar-refractivity contribution in [3.8, 4) is 0 Å². The summed E-state index contributed by atoms with van der Waals surface area (Å²) in [6.45, 7) is 5.62. The zero-order chi connectivity index (χ0) is 14.8. The van der Waals surface area contributed by atoms with Gasteiger partial charge < -0.3 is 0 Å². The molecular formula is C13H18N4O2S. The molecule has 20 heavy (non-hydrogen) atoms. The van der Waals surface area contributed by atoms with Crippen LogP contribution in [-0.4, -0.2) is 33.9 Å². The standard InChI is InChI=1S/C13H18N4O2S/c1-10(2)17(9-12-6-4-5-7-14-12)20(18,19)13-8-15-16-11(13)3/h4-8,10H,9H2,1-3H3,(H,15,16). The SMILES string of the molecule is Cc1[nH]ncc1S(=O)(=O)N(Cc1ccccn1)C(C)C. The Bertz CT molecular complexity index is 665. The fourth-order valence-corrected chi connectivity index (χ4v) is 3.65. The minimum absolute atomic E-state index is 0.170. The third-order valence-electron chi connectivity index (χ3n) is 2.99. The molecule has 1 N–H and O–H groups in total. The number of aromatic nitrogens is 3. The molecule has 7 heteroatoms. The number of nitrogens with one attached hydrogen (secondary N) is 1. The van der Waals surface area contributed by atoms with Crippen LogP contribution >= 0.6 is 0 Å². The van der Waals surface area contributed by atoms with Crippen LogP contribution in [0.3, 0.4) is 0 Å². The molecule has 0 aliphatic carbocycles. The van der Waals surface area contributed by atoms with Gasteiger partial charge in [-0.05, 0) is 32.9 Å². The van der Waals surface area contributed by atoms with Crippen molar-refractivity contribution >= 4 is 10.0 Å². The Morgan fingerprint density at radius 1 is 1.35 bits per heavy atom. The van der Waals surface area contributed by atoms with Crippen LogP contribution in [0.25, 0.3) is 0 Å². The van der Waals surface area contributed by atoms with Crippen molar-refractivity contribution in [1.29, 1.82) is 0 Å². The number of H-pyrrole nitrogens is 1. The van der Waals surface area contributed by atoms with Crippen LogP contribution in [0.5, 0.6) is 0 Å². The zero-order valence-electron chi connectivity index (χ0n) is 11.7. The maximum atomic E-state index is 12.7. The van der Waals surface area contributed by atoms with Crippen LogP contribution in [0.4, 0.5) is 0 Å². The number of aryl methyl sites for hydroxylation is 1. The maximum absolute atomic E-state index is 12.7. The van der Waals surface area contributed by atoms with Crippen LogP contribution in [0, 0.1) is 6.92 Å². The van der Waals surface area contributed by atoms with E-state index in [2.05, 4.69) is 15.2 Å². The Balaban J connectivity index is 2.37. The number of nitrogens with zero attached hydrogens (tertiary/aromatic N) is 3. The van der Waals surface area contributed by atoms with E-state index in [0.29, 0.717) is 11.4 Å². The summed E-state index contributed by atoms with van der Waals surface area (Å²) >= 11 is 0. The van der Waals surface area contributed by atoms with Crippen molar-refractivity contribution in [2.24, 2.45) is 0 Å². The maximum Gasteiger partial charge on any atom is 0.247 e. The van der Waals surface area contributed by atoms with E-state index >= 15 is 0 Å². The molecule has 2 aromatic rings. The Kier molecular flexibility index (Phi) is 4.20. The topological polar surface area (TPSA) is 79.0 Å². The number of sulfonamides is 1. The van der Waals surface area contributed by atoms with Gasteiger partial charge in [0.25, 0.3) is 0 Å². The average Bonchev–Trinajstić information content (AvgIpc) is 2.83. The molecule has 0 saturated heterocycles. The highest BCUT2D eigenvalue weighted by atomic mass is 32.2. The fraction of sp³-hybridized carbons (Fsp3) is 0.385. The van der Waals surface area contributed by atoms with E-state index in [-0.39, 0.29) is 17.5 Å². The van der Waals surface area contributed by atoms with Gasteiger partial charge in [0.2, 0.25) is 10.0 Å². The summed E-state index contributed by atoms with van der Waals surface area (Å²) in [4.78, 5) is 4.40. The fourth-order valence-electron chi connectivity index (χ4n) is 1.92. The normalized spacial score (nSPS) is 12.2. The molecule has 0 aliphatic heterocycles. The molecule has 0 fully saturated rings. The van der Waals surface area contributed by atoms with Gasteiger partial charge in [-0.2, -0.15) is 9.40 Å². The Morgan fingerprint density at radius 3 is 2.60 bits per heavy atom. The van der Waals surface area contributed by atoms with Crippen molar-refractivity contribution in [2.45, 2.75) is 38.3 Å². The first-order valence-electron chi connectivity index (χ1n) is 6.34. The second-order valence-electron chi connectivity index (χ2n) is 4.82. The lowest BCUT2D eigenvalue weighted by Gasteiger charge is -2.25. The van der Waals surface area contributed by atoms with Gasteiger partial charge in [-0.15, -0.1) is 0 Å². The lowest BCUT2D eigenvalue weighted by atomic mass is 10.3. The first-order chi connectivity index (χ1) is 9.43. The number of aromatic amines is 1. The number of hydrogen-bond donors (Lipinski definition) is 1. The Hall–Kier alpha value is -1.73. The third kappa shape index (κ3) is 2.88. The van der Waals surface area contributed by atoms with Crippen LogP contribution in [-0.2, 0) is 16.6 Å². The molecule has 6 nitrogen and oxygen atoms in total. The number of rotatable bonds is 5. The summed E-state index contributed by atoms with van der Waals surface area (Å²) in [5.74, 6) is 0. The van der Waals surface area contributed by atoms with Gasteiger partial charge in [-0.1, -0.05) is 6.07 Å². The zero-order valence-corrected chi connectivity index (χ0v) is 12.6. The highest BCUT2D eigenvalue weighted by Crippen LogP contribution is 2.21. The first-order valence-corrected chi connectivity index (χ1v) is 7.78. The van der Waals surface area contributed by atoms with Crippen LogP contribution in [0.2, 0.25) is 0 Å². The summed E-state index contributed by atoms with van der Waals surface area (Å²) in [5, 5.41) is 6.45. The molecule has 2 aromatic heterocycles. The molecule has 108 valence electrons. The van der Waals surface area contributed by atoms with Crippen molar-refractivity contribution in [2.75, 3.05) is 0 Å². The second-order valence-corrected chi connectivity index (χ2v) is 6.68. The van der Waals surface area contributed by atoms with Crippen molar-refractivity contribution in [3.05, 3.63) is 42.0 Å². The van der Waals surface area contributed by atoms with E-state index in [1.54, 1.807) is 19.2 Å². The van der Waals surface area contributed by atoms with Gasteiger partial charge in [0.05, 0.1) is 24.1 Å². The predicted molar refractivity (Wildman–Crippen MR) is 75.4 cm³/mol. The molecule has 0 aromatic carbocycles. The smallest absolute Gasteiger partial charge is 0.247 e. The first kappa shape index (κ1) is 14.7. The average molecular weight is 294 g/mol. The quantitative estimate of drug-likeness (QED) is 0.910. The van der Waals surface area contributed by atoms with Crippen molar-refractivity contribution in [3.63, 3.8) is 0 Å². The van der Waals surface area contributed by atoms with E-state index < -0.39 is 10.0 Å². The summed E-state index contributed by atoms with van der Waals surface area (Å²) in [6.07, 6.45) is 3.00. The lowest BCUT2D eigenvalue weighted by Crippen LogP contribution is -2.36. The van der Waals surface area contributed by atoms with Crippen molar-refractivity contribution in [1.82, 2.24) is 19.5 Å². The molecule has 0 amide bonds. The van der Waals surface area contributed by atoms with Gasteiger partial charge >= 0.3 is 0 Å². The van der Waals surface area contributed by atoms with Gasteiger partial charge in [0.15, 0.2) is 0 Å². The second kappa shape index (κ2) is 5.72. The third-order valence-corrected chi connectivity index (χ3v) is 5.13. The summed E-state index contributed by atoms with van der Waals surface area (Å²) in [7, 11) is -3.59. The van der Waals surface area contributed by atoms with E-state index in [0.717, 1.165) is 0 Å². The number of hydrogen-bond acceptors (Lipinski definition) is 4. The van der Waals surface area contributed by atoms with Gasteiger partial charge in [0, 0.05) is 12.2 Å². The van der Waals surface area contributed by atoms with Gasteiger partial charge in [0.1, 0.15) is 4.90 Å². The Morgan fingerprint density at radius 2 is 2.10 bits per heavy atom. The van der Waals surface area contributed by atoms with Crippen LogP contribution < -0.4 is 0 Å². The molecule has 0 atom stereocenters. The van der Waals surface area contributed by atoms with Gasteiger partial charge in [-0.3, -0.25) is 10.1 Å². The Labute approximate surface area is 118 Å². The molecule has 2 heterocycles. The van der Waals surface area contributed by atoms with Gasteiger partial charge in [-0.25, -0.2) is 8.42 Å².